The van der Waals surface area contributed by atoms with Crippen LogP contribution in [0.5, 0.6) is 0 Å². The second-order valence-electron chi connectivity index (χ2n) is 2.46. The minimum atomic E-state index is -0.162. The van der Waals surface area contributed by atoms with Crippen LogP contribution in [0.15, 0.2) is 23.8 Å². The topological polar surface area (TPSA) is 0 Å². The molecule has 0 spiro atoms. The molecule has 0 aromatic heterocycles. The van der Waals surface area contributed by atoms with Crippen LogP contribution in [-0.4, -0.2) is 14.0 Å². The Labute approximate surface area is 80.1 Å². The Balaban J connectivity index is 2.04. The van der Waals surface area contributed by atoms with Gasteiger partial charge in [0.15, 0.2) is 0 Å². The van der Waals surface area contributed by atoms with Gasteiger partial charge in [-0.15, -0.1) is 23.2 Å². The summed E-state index contributed by atoms with van der Waals surface area (Å²) in [6, 6.07) is 1.13. The van der Waals surface area contributed by atoms with E-state index in [1.165, 1.54) is 5.57 Å². The van der Waals surface area contributed by atoms with Crippen molar-refractivity contribution in [3.63, 3.8) is 0 Å². The van der Waals surface area contributed by atoms with E-state index in [0.29, 0.717) is 9.52 Å². The molecule has 0 aromatic rings. The van der Waals surface area contributed by atoms with Crippen molar-refractivity contribution >= 4 is 32.7 Å². The van der Waals surface area contributed by atoms with Gasteiger partial charge in [-0.2, -0.15) is 0 Å². The van der Waals surface area contributed by atoms with Gasteiger partial charge in [-0.1, -0.05) is 29.8 Å². The Morgan fingerprint density at radius 3 is 2.91 bits per heavy atom. The molecular formula is C8H10Cl2Si. The highest BCUT2D eigenvalue weighted by molar-refractivity contribution is 6.68. The monoisotopic (exact) mass is 204 g/mol. The Kier molecular flexibility index (Phi) is 4.27. The van der Waals surface area contributed by atoms with E-state index in [9.17, 15) is 0 Å². The number of hydrogen-bond donors (Lipinski definition) is 0. The van der Waals surface area contributed by atoms with Gasteiger partial charge in [-0.25, -0.2) is 0 Å². The molecule has 0 aromatic carbocycles. The third-order valence-electron chi connectivity index (χ3n) is 1.59. The van der Waals surface area contributed by atoms with E-state index in [1.54, 1.807) is 0 Å². The second kappa shape index (κ2) is 5.02. The average Bonchev–Trinajstić information content (AvgIpc) is 2.39. The molecule has 0 aliphatic heterocycles. The second-order valence-corrected chi connectivity index (χ2v) is 5.78. The van der Waals surface area contributed by atoms with Gasteiger partial charge in [0.05, 0.1) is 14.0 Å². The fourth-order valence-corrected chi connectivity index (χ4v) is 2.36. The summed E-state index contributed by atoms with van der Waals surface area (Å²) in [5, 5.41) is 0. The summed E-state index contributed by atoms with van der Waals surface area (Å²) in [5.74, 6) is 0. The molecule has 0 amide bonds. The maximum atomic E-state index is 5.61. The van der Waals surface area contributed by atoms with Crippen LogP contribution >= 0.6 is 23.2 Å². The van der Waals surface area contributed by atoms with Crippen LogP contribution in [0, 0.1) is 0 Å². The van der Waals surface area contributed by atoms with E-state index in [2.05, 4.69) is 18.2 Å². The summed E-state index contributed by atoms with van der Waals surface area (Å²) in [6.07, 6.45) is 8.75. The van der Waals surface area contributed by atoms with Crippen LogP contribution in [0.25, 0.3) is 0 Å². The van der Waals surface area contributed by atoms with Gasteiger partial charge >= 0.3 is 0 Å². The molecule has 3 heteroatoms. The summed E-state index contributed by atoms with van der Waals surface area (Å²) < 4.78 is -0.162. The summed E-state index contributed by atoms with van der Waals surface area (Å²) in [5.41, 5.74) is 1.51. The van der Waals surface area contributed by atoms with Crippen molar-refractivity contribution in [1.82, 2.24) is 0 Å². The van der Waals surface area contributed by atoms with Crippen molar-refractivity contribution in [2.24, 2.45) is 0 Å². The lowest BCUT2D eigenvalue weighted by atomic mass is 10.2. The summed E-state index contributed by atoms with van der Waals surface area (Å²) in [7, 11) is 0.678. The lowest BCUT2D eigenvalue weighted by Crippen LogP contribution is -2.00. The van der Waals surface area contributed by atoms with E-state index in [4.69, 9.17) is 23.2 Å². The molecule has 0 fully saturated rings. The highest BCUT2D eigenvalue weighted by Gasteiger charge is 2.03. The van der Waals surface area contributed by atoms with Gasteiger partial charge in [-0.3, -0.25) is 0 Å². The van der Waals surface area contributed by atoms with Crippen molar-refractivity contribution in [3.05, 3.63) is 23.8 Å². The Bertz CT molecular complexity index is 173. The summed E-state index contributed by atoms with van der Waals surface area (Å²) >= 11 is 11.2. The molecule has 0 heterocycles. The number of allylic oxidation sites excluding steroid dienone is 4. The van der Waals surface area contributed by atoms with Crippen LogP contribution in [0.2, 0.25) is 6.04 Å². The fourth-order valence-electron chi connectivity index (χ4n) is 1.02. The first kappa shape index (κ1) is 9.37. The first-order valence-electron chi connectivity index (χ1n) is 3.65. The zero-order chi connectivity index (χ0) is 8.10. The van der Waals surface area contributed by atoms with Crippen molar-refractivity contribution in [2.75, 3.05) is 0 Å². The Hall–Kier alpha value is 0.277. The quantitative estimate of drug-likeness (QED) is 0.488. The first-order valence-corrected chi connectivity index (χ1v) is 5.81. The van der Waals surface area contributed by atoms with E-state index in [1.807, 2.05) is 0 Å². The van der Waals surface area contributed by atoms with Gasteiger partial charge in [0.1, 0.15) is 0 Å². The SMILES string of the molecule is ClC(Cl)[Si]CCC1=CC=CC1. The Morgan fingerprint density at radius 1 is 1.55 bits per heavy atom. The number of rotatable bonds is 4. The highest BCUT2D eigenvalue weighted by Crippen LogP contribution is 2.17. The Morgan fingerprint density at radius 2 is 2.36 bits per heavy atom. The normalized spacial score (nSPS) is 16.1. The van der Waals surface area contributed by atoms with Crippen LogP contribution in [0.3, 0.4) is 0 Å². The minimum Gasteiger partial charge on any atom is -0.110 e. The van der Waals surface area contributed by atoms with Gasteiger partial charge < -0.3 is 0 Å². The van der Waals surface area contributed by atoms with Gasteiger partial charge in [0, 0.05) is 0 Å². The van der Waals surface area contributed by atoms with Crippen molar-refractivity contribution in [2.45, 2.75) is 23.3 Å². The zero-order valence-corrected chi connectivity index (χ0v) is 8.70. The lowest BCUT2D eigenvalue weighted by Gasteiger charge is -2.00. The number of halogens is 2. The third kappa shape index (κ3) is 3.99. The zero-order valence-electron chi connectivity index (χ0n) is 6.19. The molecule has 0 N–H and O–H groups in total. The van der Waals surface area contributed by atoms with Gasteiger partial charge in [0.25, 0.3) is 0 Å². The van der Waals surface area contributed by atoms with Crippen LogP contribution < -0.4 is 0 Å². The molecule has 0 atom stereocenters. The maximum Gasteiger partial charge on any atom is 0.0929 e. The minimum absolute atomic E-state index is 0.162. The molecule has 0 saturated carbocycles. The number of hydrogen-bond acceptors (Lipinski definition) is 0. The van der Waals surface area contributed by atoms with Crippen molar-refractivity contribution in [3.8, 4) is 0 Å². The number of alkyl halides is 2. The molecule has 0 saturated heterocycles. The molecule has 60 valence electrons. The lowest BCUT2D eigenvalue weighted by molar-refractivity contribution is 1.04. The standard InChI is InChI=1S/C8H10Cl2Si/c9-8(10)11-6-5-7-3-1-2-4-7/h1-3,8H,4-6H2. The van der Waals surface area contributed by atoms with Gasteiger partial charge in [-0.05, 0) is 12.8 Å². The third-order valence-corrected chi connectivity index (χ3v) is 3.37. The molecule has 11 heavy (non-hydrogen) atoms. The van der Waals surface area contributed by atoms with Crippen molar-refractivity contribution < 1.29 is 0 Å². The maximum absolute atomic E-state index is 5.61. The predicted octanol–water partition coefficient (Wildman–Crippen LogP) is 3.15. The van der Waals surface area contributed by atoms with Crippen LogP contribution in [-0.2, 0) is 0 Å². The highest BCUT2D eigenvalue weighted by atomic mass is 35.5. The molecule has 2 radical (unpaired) electrons. The van der Waals surface area contributed by atoms with Gasteiger partial charge in [0.2, 0.25) is 0 Å². The predicted molar refractivity (Wildman–Crippen MR) is 52.5 cm³/mol. The molecule has 0 bridgehead atoms. The molecular weight excluding hydrogens is 195 g/mol. The average molecular weight is 205 g/mol. The molecule has 0 unspecified atom stereocenters. The van der Waals surface area contributed by atoms with E-state index in [-0.39, 0.29) is 4.46 Å². The van der Waals surface area contributed by atoms with Crippen LogP contribution in [0.4, 0.5) is 0 Å². The smallest absolute Gasteiger partial charge is 0.0929 e. The van der Waals surface area contributed by atoms with E-state index < -0.39 is 0 Å². The first-order chi connectivity index (χ1) is 5.29. The molecule has 1 aliphatic rings. The van der Waals surface area contributed by atoms with Crippen LogP contribution in [0.1, 0.15) is 12.8 Å². The molecule has 1 aliphatic carbocycles. The molecule has 1 rings (SSSR count). The van der Waals surface area contributed by atoms with Crippen molar-refractivity contribution in [1.29, 1.82) is 0 Å². The van der Waals surface area contributed by atoms with E-state index >= 15 is 0 Å². The largest absolute Gasteiger partial charge is 0.110 e. The molecule has 0 nitrogen and oxygen atoms in total. The fraction of sp³-hybridized carbons (Fsp3) is 0.500. The summed E-state index contributed by atoms with van der Waals surface area (Å²) in [6.45, 7) is 0. The van der Waals surface area contributed by atoms with E-state index in [0.717, 1.165) is 18.9 Å². The summed E-state index contributed by atoms with van der Waals surface area (Å²) in [4.78, 5) is 0.